The van der Waals surface area contributed by atoms with Crippen molar-refractivity contribution in [1.29, 1.82) is 0 Å². The molecule has 1 aromatic rings. The number of aromatic nitrogens is 2. The van der Waals surface area contributed by atoms with Gasteiger partial charge in [0, 0.05) is 24.6 Å². The molecule has 112 valence electrons. The van der Waals surface area contributed by atoms with Gasteiger partial charge in [-0.05, 0) is 6.92 Å². The van der Waals surface area contributed by atoms with E-state index in [0.29, 0.717) is 12.4 Å². The molecular formula is C14H24N4O2. The molecule has 0 aliphatic carbocycles. The molecule has 0 radical (unpaired) electrons. The Labute approximate surface area is 120 Å². The number of aliphatic hydroxyl groups excluding tert-OH is 1. The Kier molecular flexibility index (Phi) is 4.15. The van der Waals surface area contributed by atoms with E-state index in [2.05, 4.69) is 35.6 Å². The molecule has 2 rings (SSSR count). The van der Waals surface area contributed by atoms with Gasteiger partial charge in [0.2, 0.25) is 0 Å². The molecule has 1 fully saturated rings. The minimum Gasteiger partial charge on any atom is -0.394 e. The van der Waals surface area contributed by atoms with E-state index >= 15 is 0 Å². The van der Waals surface area contributed by atoms with Gasteiger partial charge in [0.15, 0.2) is 0 Å². The molecule has 2 atom stereocenters. The molecule has 3 N–H and O–H groups in total. The molecule has 0 spiro atoms. The zero-order valence-electron chi connectivity index (χ0n) is 12.6. The van der Waals surface area contributed by atoms with Crippen molar-refractivity contribution < 1.29 is 9.84 Å². The fourth-order valence-electron chi connectivity index (χ4n) is 2.28. The molecule has 1 aliphatic heterocycles. The number of aliphatic hydroxyl groups is 1. The molecule has 0 saturated carbocycles. The van der Waals surface area contributed by atoms with Crippen LogP contribution in [0.4, 0.5) is 11.6 Å². The van der Waals surface area contributed by atoms with Crippen LogP contribution in [-0.2, 0) is 10.2 Å². The third-order valence-electron chi connectivity index (χ3n) is 3.26. The second-order valence-corrected chi connectivity index (χ2v) is 6.38. The third-order valence-corrected chi connectivity index (χ3v) is 3.26. The predicted molar refractivity (Wildman–Crippen MR) is 78.8 cm³/mol. The van der Waals surface area contributed by atoms with Crippen LogP contribution in [0.3, 0.4) is 0 Å². The molecule has 1 saturated heterocycles. The fourth-order valence-corrected chi connectivity index (χ4v) is 2.28. The average molecular weight is 280 g/mol. The second-order valence-electron chi connectivity index (χ2n) is 6.38. The van der Waals surface area contributed by atoms with Crippen molar-refractivity contribution >= 4 is 11.6 Å². The van der Waals surface area contributed by atoms with Crippen molar-refractivity contribution in [3.05, 3.63) is 11.9 Å². The number of nitrogens with zero attached hydrogens (tertiary/aromatic N) is 3. The number of hydrogen-bond donors (Lipinski definition) is 2. The van der Waals surface area contributed by atoms with Crippen LogP contribution < -0.4 is 10.6 Å². The monoisotopic (exact) mass is 280 g/mol. The van der Waals surface area contributed by atoms with Crippen LogP contribution in [0.25, 0.3) is 0 Å². The number of nitrogens with two attached hydrogens (primary N) is 1. The Morgan fingerprint density at radius 2 is 2.10 bits per heavy atom. The second kappa shape index (κ2) is 5.54. The summed E-state index contributed by atoms with van der Waals surface area (Å²) >= 11 is 0. The summed E-state index contributed by atoms with van der Waals surface area (Å²) in [5.41, 5.74) is 5.75. The normalized spacial score (nSPS) is 23.9. The van der Waals surface area contributed by atoms with Crippen molar-refractivity contribution in [2.24, 2.45) is 0 Å². The smallest absolute Gasteiger partial charge is 0.138 e. The van der Waals surface area contributed by atoms with Crippen molar-refractivity contribution in [3.8, 4) is 0 Å². The first kappa shape index (κ1) is 15.0. The summed E-state index contributed by atoms with van der Waals surface area (Å²) in [5.74, 6) is 2.00. The van der Waals surface area contributed by atoms with Crippen molar-refractivity contribution in [2.45, 2.75) is 45.3 Å². The molecular weight excluding hydrogens is 256 g/mol. The van der Waals surface area contributed by atoms with E-state index in [1.165, 1.54) is 0 Å². The highest BCUT2D eigenvalue weighted by Gasteiger charge is 2.27. The quantitative estimate of drug-likeness (QED) is 0.839. The van der Waals surface area contributed by atoms with E-state index in [4.69, 9.17) is 10.5 Å². The Morgan fingerprint density at radius 1 is 1.40 bits per heavy atom. The third kappa shape index (κ3) is 3.37. The van der Waals surface area contributed by atoms with Gasteiger partial charge >= 0.3 is 0 Å². The van der Waals surface area contributed by atoms with E-state index in [9.17, 15) is 5.11 Å². The maximum absolute atomic E-state index is 9.30. The molecule has 1 aliphatic rings. The van der Waals surface area contributed by atoms with Gasteiger partial charge in [0.25, 0.3) is 0 Å². The molecule has 0 aromatic carbocycles. The highest BCUT2D eigenvalue weighted by Crippen LogP contribution is 2.25. The number of ether oxygens (including phenoxy) is 1. The van der Waals surface area contributed by atoms with E-state index in [-0.39, 0.29) is 24.2 Å². The minimum atomic E-state index is -0.187. The maximum Gasteiger partial charge on any atom is 0.138 e. The molecule has 0 bridgehead atoms. The summed E-state index contributed by atoms with van der Waals surface area (Å²) in [6.45, 7) is 9.52. The fraction of sp³-hybridized carbons (Fsp3) is 0.714. The highest BCUT2D eigenvalue weighted by molar-refractivity contribution is 5.48. The van der Waals surface area contributed by atoms with Crippen LogP contribution in [0.2, 0.25) is 0 Å². The molecule has 6 nitrogen and oxygen atoms in total. The van der Waals surface area contributed by atoms with Gasteiger partial charge < -0.3 is 20.5 Å². The lowest BCUT2D eigenvalue weighted by Gasteiger charge is -2.37. The lowest BCUT2D eigenvalue weighted by atomic mass is 9.96. The zero-order chi connectivity index (χ0) is 14.9. The van der Waals surface area contributed by atoms with Crippen LogP contribution in [-0.4, -0.2) is 47.0 Å². The summed E-state index contributed by atoms with van der Waals surface area (Å²) in [6.07, 6.45) is -0.136. The summed E-state index contributed by atoms with van der Waals surface area (Å²) in [5, 5.41) is 9.30. The molecule has 20 heavy (non-hydrogen) atoms. The van der Waals surface area contributed by atoms with Crippen LogP contribution >= 0.6 is 0 Å². The topological polar surface area (TPSA) is 84.5 Å². The summed E-state index contributed by atoms with van der Waals surface area (Å²) in [7, 11) is 0. The maximum atomic E-state index is 9.30. The number of morpholine rings is 1. The molecule has 1 aromatic heterocycles. The van der Waals surface area contributed by atoms with Crippen LogP contribution in [0.15, 0.2) is 6.07 Å². The first-order valence-electron chi connectivity index (χ1n) is 6.96. The number of nitrogen functional groups attached to an aromatic ring is 1. The first-order valence-corrected chi connectivity index (χ1v) is 6.96. The van der Waals surface area contributed by atoms with E-state index < -0.39 is 0 Å². The van der Waals surface area contributed by atoms with Gasteiger partial charge in [-0.1, -0.05) is 20.8 Å². The standard InChI is InChI=1S/C14H24N4O2/c1-9-6-18(7-10(8-19)20-9)12-5-11(15)16-13(17-12)14(2,3)4/h5,9-10,19H,6-8H2,1-4H3,(H2,15,16,17). The molecule has 2 heterocycles. The molecule has 0 amide bonds. The van der Waals surface area contributed by atoms with E-state index in [1.54, 1.807) is 6.07 Å². The Balaban J connectivity index is 2.30. The van der Waals surface area contributed by atoms with Crippen LogP contribution in [0.5, 0.6) is 0 Å². The van der Waals surface area contributed by atoms with Crippen LogP contribution in [0, 0.1) is 0 Å². The van der Waals surface area contributed by atoms with Gasteiger partial charge in [0.05, 0.1) is 18.8 Å². The van der Waals surface area contributed by atoms with E-state index in [1.807, 2.05) is 6.92 Å². The number of anilines is 2. The SMILES string of the molecule is CC1CN(c2cc(N)nc(C(C)(C)C)n2)CC(CO)O1. The van der Waals surface area contributed by atoms with Gasteiger partial charge in [-0.3, -0.25) is 0 Å². The predicted octanol–water partition coefficient (Wildman–Crippen LogP) is 0.942. The average Bonchev–Trinajstić information content (AvgIpc) is 2.36. The molecule has 6 heteroatoms. The Morgan fingerprint density at radius 3 is 2.70 bits per heavy atom. The lowest BCUT2D eigenvalue weighted by molar-refractivity contribution is -0.0423. The largest absolute Gasteiger partial charge is 0.394 e. The van der Waals surface area contributed by atoms with Crippen molar-refractivity contribution in [1.82, 2.24) is 9.97 Å². The number of rotatable bonds is 2. The van der Waals surface area contributed by atoms with Gasteiger partial charge in [-0.2, -0.15) is 0 Å². The summed E-state index contributed by atoms with van der Waals surface area (Å²) < 4.78 is 5.65. The van der Waals surface area contributed by atoms with Gasteiger partial charge in [0.1, 0.15) is 17.5 Å². The lowest BCUT2D eigenvalue weighted by Crippen LogP contribution is -2.48. The minimum absolute atomic E-state index is 0.00747. The zero-order valence-corrected chi connectivity index (χ0v) is 12.6. The summed E-state index contributed by atoms with van der Waals surface area (Å²) in [4.78, 5) is 11.0. The first-order chi connectivity index (χ1) is 9.29. The van der Waals surface area contributed by atoms with E-state index in [0.717, 1.165) is 18.2 Å². The molecule has 2 unspecified atom stereocenters. The number of hydrogen-bond acceptors (Lipinski definition) is 6. The van der Waals surface area contributed by atoms with Crippen LogP contribution in [0.1, 0.15) is 33.5 Å². The van der Waals surface area contributed by atoms with Crippen molar-refractivity contribution in [2.75, 3.05) is 30.3 Å². The Hall–Kier alpha value is -1.40. The summed E-state index contributed by atoms with van der Waals surface area (Å²) in [6, 6.07) is 1.78. The van der Waals surface area contributed by atoms with Gasteiger partial charge in [-0.25, -0.2) is 9.97 Å². The van der Waals surface area contributed by atoms with Gasteiger partial charge in [-0.15, -0.1) is 0 Å². The van der Waals surface area contributed by atoms with Crippen molar-refractivity contribution in [3.63, 3.8) is 0 Å². The Bertz CT molecular complexity index is 473. The highest BCUT2D eigenvalue weighted by atomic mass is 16.5.